The standard InChI is InChI=1S/C26H37N3O6S/c1-19(2)26(30)29-15-13-28(14-16-29)22-18-21(8-10-23(22)33-4)36(31,32)27(3)12-11-20-7-9-24(34-5)25(17-20)35-6/h7-10,17-19H,11-16H2,1-6H3. The van der Waals surface area contributed by atoms with E-state index in [-0.39, 0.29) is 16.7 Å². The lowest BCUT2D eigenvalue weighted by Gasteiger charge is -2.37. The summed E-state index contributed by atoms with van der Waals surface area (Å²) >= 11 is 0. The van der Waals surface area contributed by atoms with Gasteiger partial charge in [0.2, 0.25) is 15.9 Å². The zero-order valence-electron chi connectivity index (χ0n) is 22.0. The van der Waals surface area contributed by atoms with Crippen LogP contribution in [0.25, 0.3) is 0 Å². The van der Waals surface area contributed by atoms with Crippen molar-refractivity contribution >= 4 is 21.6 Å². The van der Waals surface area contributed by atoms with Crippen LogP contribution < -0.4 is 19.1 Å². The third-order valence-electron chi connectivity index (χ3n) is 6.45. The highest BCUT2D eigenvalue weighted by molar-refractivity contribution is 7.89. The monoisotopic (exact) mass is 519 g/mol. The number of hydrogen-bond acceptors (Lipinski definition) is 7. The van der Waals surface area contributed by atoms with Gasteiger partial charge in [0, 0.05) is 45.7 Å². The fraction of sp³-hybridized carbons (Fsp3) is 0.500. The number of anilines is 1. The molecule has 0 unspecified atom stereocenters. The number of piperazine rings is 1. The Labute approximate surface area is 214 Å². The number of methoxy groups -OCH3 is 3. The molecule has 1 saturated heterocycles. The Kier molecular flexibility index (Phi) is 9.08. The maximum atomic E-state index is 13.4. The van der Waals surface area contributed by atoms with E-state index in [9.17, 15) is 13.2 Å². The minimum absolute atomic E-state index is 0.0471. The molecule has 0 aliphatic carbocycles. The number of sulfonamides is 1. The normalized spacial score (nSPS) is 14.3. The molecule has 2 aromatic carbocycles. The number of carbonyl (C=O) groups excluding carboxylic acids is 1. The summed E-state index contributed by atoms with van der Waals surface area (Å²) in [6.07, 6.45) is 0.519. The first kappa shape index (κ1) is 27.6. The maximum Gasteiger partial charge on any atom is 0.242 e. The molecule has 1 amide bonds. The van der Waals surface area contributed by atoms with E-state index in [0.717, 1.165) is 5.56 Å². The molecular weight excluding hydrogens is 482 g/mol. The third kappa shape index (κ3) is 6.04. The minimum Gasteiger partial charge on any atom is -0.495 e. The van der Waals surface area contributed by atoms with Crippen LogP contribution in [0.5, 0.6) is 17.2 Å². The number of carbonyl (C=O) groups is 1. The van der Waals surface area contributed by atoms with Crippen molar-refractivity contribution < 1.29 is 27.4 Å². The SMILES string of the molecule is COc1ccc(CCN(C)S(=O)(=O)c2ccc(OC)c(N3CCN(C(=O)C(C)C)CC3)c2)cc1OC. The molecule has 2 aromatic rings. The molecular formula is C26H37N3O6S. The Morgan fingerprint density at radius 1 is 0.917 bits per heavy atom. The smallest absolute Gasteiger partial charge is 0.242 e. The van der Waals surface area contributed by atoms with Crippen molar-refractivity contribution in [3.05, 3.63) is 42.0 Å². The first-order valence-corrected chi connectivity index (χ1v) is 13.4. The quantitative estimate of drug-likeness (QED) is 0.477. The molecule has 1 aliphatic heterocycles. The Balaban J connectivity index is 1.75. The number of hydrogen-bond donors (Lipinski definition) is 0. The van der Waals surface area contributed by atoms with E-state index in [1.807, 2.05) is 36.9 Å². The van der Waals surface area contributed by atoms with E-state index in [2.05, 4.69) is 4.90 Å². The largest absolute Gasteiger partial charge is 0.495 e. The van der Waals surface area contributed by atoms with Gasteiger partial charge in [-0.3, -0.25) is 4.79 Å². The molecule has 198 valence electrons. The molecule has 0 N–H and O–H groups in total. The summed E-state index contributed by atoms with van der Waals surface area (Å²) in [6.45, 7) is 6.47. The van der Waals surface area contributed by atoms with Gasteiger partial charge in [0.25, 0.3) is 0 Å². The van der Waals surface area contributed by atoms with Gasteiger partial charge in [-0.25, -0.2) is 12.7 Å². The van der Waals surface area contributed by atoms with E-state index in [0.29, 0.717) is 62.1 Å². The molecule has 1 aliphatic rings. The summed E-state index contributed by atoms with van der Waals surface area (Å²) in [5.74, 6) is 1.92. The third-order valence-corrected chi connectivity index (χ3v) is 8.30. The van der Waals surface area contributed by atoms with Crippen LogP contribution in [0.15, 0.2) is 41.3 Å². The van der Waals surface area contributed by atoms with Gasteiger partial charge in [-0.2, -0.15) is 0 Å². The van der Waals surface area contributed by atoms with Crippen LogP contribution in [0.4, 0.5) is 5.69 Å². The predicted molar refractivity (Wildman–Crippen MR) is 140 cm³/mol. The lowest BCUT2D eigenvalue weighted by Crippen LogP contribution is -2.50. The van der Waals surface area contributed by atoms with Gasteiger partial charge in [-0.05, 0) is 42.3 Å². The van der Waals surface area contributed by atoms with Crippen LogP contribution in [-0.2, 0) is 21.2 Å². The van der Waals surface area contributed by atoms with Gasteiger partial charge in [-0.1, -0.05) is 19.9 Å². The lowest BCUT2D eigenvalue weighted by molar-refractivity contribution is -0.134. The number of amides is 1. The lowest BCUT2D eigenvalue weighted by atomic mass is 10.1. The highest BCUT2D eigenvalue weighted by atomic mass is 32.2. The Morgan fingerprint density at radius 2 is 1.53 bits per heavy atom. The van der Waals surface area contributed by atoms with Gasteiger partial charge >= 0.3 is 0 Å². The second-order valence-electron chi connectivity index (χ2n) is 9.07. The number of ether oxygens (including phenoxy) is 3. The van der Waals surface area contributed by atoms with Crippen molar-refractivity contribution in [2.24, 2.45) is 5.92 Å². The van der Waals surface area contributed by atoms with Crippen molar-refractivity contribution in [2.45, 2.75) is 25.2 Å². The van der Waals surface area contributed by atoms with Crippen LogP contribution in [0.2, 0.25) is 0 Å². The van der Waals surface area contributed by atoms with Gasteiger partial charge in [0.15, 0.2) is 11.5 Å². The highest BCUT2D eigenvalue weighted by Crippen LogP contribution is 2.33. The van der Waals surface area contributed by atoms with Crippen LogP contribution in [0.1, 0.15) is 19.4 Å². The van der Waals surface area contributed by atoms with E-state index >= 15 is 0 Å². The molecule has 0 aromatic heterocycles. The van der Waals surface area contributed by atoms with Gasteiger partial charge in [0.1, 0.15) is 5.75 Å². The van der Waals surface area contributed by atoms with Crippen molar-refractivity contribution in [3.8, 4) is 17.2 Å². The van der Waals surface area contributed by atoms with E-state index < -0.39 is 10.0 Å². The molecule has 0 saturated carbocycles. The van der Waals surface area contributed by atoms with E-state index in [1.165, 1.54) is 4.31 Å². The fourth-order valence-corrected chi connectivity index (χ4v) is 5.43. The summed E-state index contributed by atoms with van der Waals surface area (Å²) in [6, 6.07) is 10.5. The molecule has 0 bridgehead atoms. The summed E-state index contributed by atoms with van der Waals surface area (Å²) in [5.41, 5.74) is 1.66. The summed E-state index contributed by atoms with van der Waals surface area (Å²) in [5, 5.41) is 0. The average molecular weight is 520 g/mol. The summed E-state index contributed by atoms with van der Waals surface area (Å²) in [4.78, 5) is 16.5. The molecule has 1 heterocycles. The van der Waals surface area contributed by atoms with Crippen LogP contribution in [0.3, 0.4) is 0 Å². The van der Waals surface area contributed by atoms with Gasteiger partial charge in [-0.15, -0.1) is 0 Å². The molecule has 3 rings (SSSR count). The first-order valence-electron chi connectivity index (χ1n) is 12.0. The van der Waals surface area contributed by atoms with Crippen LogP contribution >= 0.6 is 0 Å². The fourth-order valence-electron chi connectivity index (χ4n) is 4.23. The predicted octanol–water partition coefficient (Wildman–Crippen LogP) is 2.88. The maximum absolute atomic E-state index is 13.4. The Hall–Kier alpha value is -2.98. The van der Waals surface area contributed by atoms with Gasteiger partial charge < -0.3 is 24.0 Å². The molecule has 9 nitrogen and oxygen atoms in total. The number of benzene rings is 2. The van der Waals surface area contributed by atoms with E-state index in [4.69, 9.17) is 14.2 Å². The highest BCUT2D eigenvalue weighted by Gasteiger charge is 2.27. The summed E-state index contributed by atoms with van der Waals surface area (Å²) in [7, 11) is 2.57. The molecule has 10 heteroatoms. The van der Waals surface area contributed by atoms with Crippen LogP contribution in [-0.4, -0.2) is 84.6 Å². The van der Waals surface area contributed by atoms with Crippen LogP contribution in [0, 0.1) is 5.92 Å². The number of likely N-dealkylation sites (N-methyl/N-ethyl adjacent to an activating group) is 1. The Morgan fingerprint density at radius 3 is 2.11 bits per heavy atom. The average Bonchev–Trinajstić information content (AvgIpc) is 2.90. The zero-order chi connectivity index (χ0) is 26.5. The second kappa shape index (κ2) is 11.8. The topological polar surface area (TPSA) is 88.6 Å². The molecule has 1 fully saturated rings. The minimum atomic E-state index is -3.73. The molecule has 0 atom stereocenters. The molecule has 0 radical (unpaired) electrons. The van der Waals surface area contributed by atoms with Crippen molar-refractivity contribution in [3.63, 3.8) is 0 Å². The molecule has 0 spiro atoms. The van der Waals surface area contributed by atoms with Crippen molar-refractivity contribution in [1.29, 1.82) is 0 Å². The van der Waals surface area contributed by atoms with Gasteiger partial charge in [0.05, 0.1) is 31.9 Å². The first-order chi connectivity index (χ1) is 17.1. The molecule has 36 heavy (non-hydrogen) atoms. The summed E-state index contributed by atoms with van der Waals surface area (Å²) < 4.78 is 44.3. The Bertz CT molecular complexity index is 1160. The zero-order valence-corrected chi connectivity index (χ0v) is 22.8. The van der Waals surface area contributed by atoms with Crippen molar-refractivity contribution in [2.75, 3.05) is 66.0 Å². The number of nitrogens with zero attached hydrogens (tertiary/aromatic N) is 3. The number of rotatable bonds is 10. The van der Waals surface area contributed by atoms with Crippen molar-refractivity contribution in [1.82, 2.24) is 9.21 Å². The van der Waals surface area contributed by atoms with E-state index in [1.54, 1.807) is 46.6 Å². The second-order valence-corrected chi connectivity index (χ2v) is 11.1.